The number of aromatic nitrogens is 1. The van der Waals surface area contributed by atoms with Crippen molar-refractivity contribution in [1.82, 2.24) is 4.98 Å². The van der Waals surface area contributed by atoms with Gasteiger partial charge in [0, 0.05) is 21.9 Å². The summed E-state index contributed by atoms with van der Waals surface area (Å²) in [6.07, 6.45) is 0. The largest absolute Gasteiger partial charge is 0.478 e. The average molecular weight is 484 g/mol. The molecule has 6 aromatic rings. The number of carboxylic acids is 2. The Kier molecular flexibility index (Phi) is 5.31. The Hall–Kier alpha value is -5.16. The molecule has 178 valence electrons. The maximum Gasteiger partial charge on any atom is 0.336 e. The number of H-pyrrole nitrogens is 1. The van der Waals surface area contributed by atoms with Crippen molar-refractivity contribution in [3.63, 3.8) is 0 Å². The first-order valence-electron chi connectivity index (χ1n) is 11.8. The number of carbonyl (C=O) groups is 2. The van der Waals surface area contributed by atoms with Gasteiger partial charge in [-0.1, -0.05) is 78.9 Å². The van der Waals surface area contributed by atoms with E-state index < -0.39 is 11.9 Å². The van der Waals surface area contributed by atoms with E-state index in [0.29, 0.717) is 11.1 Å². The van der Waals surface area contributed by atoms with Gasteiger partial charge >= 0.3 is 11.9 Å². The van der Waals surface area contributed by atoms with Gasteiger partial charge in [0.2, 0.25) is 0 Å². The summed E-state index contributed by atoms with van der Waals surface area (Å²) in [6.45, 7) is 0. The fraction of sp³-hybridized carbons (Fsp3) is 0. The number of carboxylic acid groups (broad SMARTS) is 2. The summed E-state index contributed by atoms with van der Waals surface area (Å²) in [5, 5.41) is 21.9. The molecule has 0 spiro atoms. The molecule has 0 fully saturated rings. The zero-order valence-electron chi connectivity index (χ0n) is 19.6. The van der Waals surface area contributed by atoms with Gasteiger partial charge in [-0.2, -0.15) is 0 Å². The van der Waals surface area contributed by atoms with Crippen LogP contribution in [-0.2, 0) is 0 Å². The number of aromatic carboxylic acids is 2. The Labute approximate surface area is 212 Å². The van der Waals surface area contributed by atoms with Crippen molar-refractivity contribution in [2.75, 3.05) is 0 Å². The van der Waals surface area contributed by atoms with E-state index in [4.69, 9.17) is 0 Å². The summed E-state index contributed by atoms with van der Waals surface area (Å²) < 4.78 is 0. The number of nitrogens with one attached hydrogen (secondary N) is 1. The number of benzene rings is 5. The molecule has 37 heavy (non-hydrogen) atoms. The molecule has 0 unspecified atom stereocenters. The number of aromatic amines is 1. The Morgan fingerprint density at radius 3 is 1.89 bits per heavy atom. The highest BCUT2D eigenvalue weighted by atomic mass is 16.4. The van der Waals surface area contributed by atoms with Crippen molar-refractivity contribution >= 4 is 33.7 Å². The zero-order chi connectivity index (χ0) is 25.5. The van der Waals surface area contributed by atoms with Crippen molar-refractivity contribution < 1.29 is 19.8 Å². The first kappa shape index (κ1) is 22.3. The monoisotopic (exact) mass is 483 g/mol. The lowest BCUT2D eigenvalue weighted by atomic mass is 9.84. The smallest absolute Gasteiger partial charge is 0.336 e. The van der Waals surface area contributed by atoms with Crippen LogP contribution in [0.1, 0.15) is 20.7 Å². The molecule has 0 atom stereocenters. The van der Waals surface area contributed by atoms with Crippen LogP contribution in [0.4, 0.5) is 0 Å². The second kappa shape index (κ2) is 8.81. The fourth-order valence-electron chi connectivity index (χ4n) is 5.08. The molecule has 0 saturated heterocycles. The Bertz CT molecular complexity index is 1820. The van der Waals surface area contributed by atoms with Crippen LogP contribution in [0.2, 0.25) is 0 Å². The van der Waals surface area contributed by atoms with Crippen molar-refractivity contribution in [1.29, 1.82) is 0 Å². The third-order valence-corrected chi connectivity index (χ3v) is 6.72. The van der Waals surface area contributed by atoms with Crippen molar-refractivity contribution in [3.8, 4) is 33.4 Å². The number of fused-ring (bicyclic) bond motifs is 3. The van der Waals surface area contributed by atoms with Crippen LogP contribution in [0, 0.1) is 0 Å². The number of para-hydroxylation sites is 1. The van der Waals surface area contributed by atoms with Crippen LogP contribution in [0.25, 0.3) is 55.2 Å². The highest BCUT2D eigenvalue weighted by Crippen LogP contribution is 2.47. The molecule has 0 aliphatic carbocycles. The van der Waals surface area contributed by atoms with Gasteiger partial charge in [0.25, 0.3) is 0 Å². The molecular formula is C32H21NO4. The summed E-state index contributed by atoms with van der Waals surface area (Å²) >= 11 is 0. The van der Waals surface area contributed by atoms with Gasteiger partial charge in [-0.3, -0.25) is 0 Å². The molecule has 5 nitrogen and oxygen atoms in total. The Morgan fingerprint density at radius 1 is 0.568 bits per heavy atom. The molecular weight excluding hydrogens is 462 g/mol. The molecule has 0 aliphatic heterocycles. The third-order valence-electron chi connectivity index (χ3n) is 6.72. The maximum absolute atomic E-state index is 12.4. The molecule has 5 aromatic carbocycles. The summed E-state index contributed by atoms with van der Waals surface area (Å²) in [5.41, 5.74) is 6.35. The van der Waals surface area contributed by atoms with Gasteiger partial charge in [-0.15, -0.1) is 0 Å². The van der Waals surface area contributed by atoms with E-state index >= 15 is 0 Å². The topological polar surface area (TPSA) is 90.4 Å². The van der Waals surface area contributed by atoms with Crippen LogP contribution >= 0.6 is 0 Å². The van der Waals surface area contributed by atoms with E-state index in [0.717, 1.165) is 44.1 Å². The lowest BCUT2D eigenvalue weighted by molar-refractivity contribution is 0.0682. The highest BCUT2D eigenvalue weighted by molar-refractivity contribution is 6.19. The molecule has 0 bridgehead atoms. The summed E-state index contributed by atoms with van der Waals surface area (Å²) in [5.74, 6) is -2.24. The quantitative estimate of drug-likeness (QED) is 0.234. The summed E-state index contributed by atoms with van der Waals surface area (Å²) in [7, 11) is 0. The van der Waals surface area contributed by atoms with Crippen LogP contribution in [0.3, 0.4) is 0 Å². The van der Waals surface area contributed by atoms with Gasteiger partial charge in [0.15, 0.2) is 0 Å². The van der Waals surface area contributed by atoms with Gasteiger partial charge in [0.1, 0.15) is 0 Å². The first-order chi connectivity index (χ1) is 18.0. The fourth-order valence-corrected chi connectivity index (χ4v) is 5.08. The minimum absolute atomic E-state index is 0.0217. The Morgan fingerprint density at radius 2 is 1.22 bits per heavy atom. The third kappa shape index (κ3) is 3.74. The van der Waals surface area contributed by atoms with E-state index in [1.165, 1.54) is 18.2 Å². The zero-order valence-corrected chi connectivity index (χ0v) is 19.6. The molecule has 0 saturated carbocycles. The molecule has 5 heteroatoms. The van der Waals surface area contributed by atoms with Gasteiger partial charge < -0.3 is 15.2 Å². The standard InChI is InChI=1S/C32H21NO4/c34-31(35)21-15-16-23(32(36)37)25(17-21)29-28(20-11-5-2-6-12-20)24(19-9-3-1-4-10-19)18-26-22-13-7-8-14-27(22)33-30(26)29/h1-18,33H,(H,34,35)(H,36,37). The van der Waals surface area contributed by atoms with Gasteiger partial charge in [-0.05, 0) is 58.1 Å². The van der Waals surface area contributed by atoms with Crippen LogP contribution in [0.15, 0.2) is 109 Å². The average Bonchev–Trinajstić information content (AvgIpc) is 3.31. The van der Waals surface area contributed by atoms with Crippen LogP contribution in [-0.4, -0.2) is 27.1 Å². The van der Waals surface area contributed by atoms with E-state index in [1.54, 1.807) is 0 Å². The van der Waals surface area contributed by atoms with E-state index in [-0.39, 0.29) is 11.1 Å². The molecule has 1 aromatic heterocycles. The molecule has 0 aliphatic rings. The second-order valence-electron chi connectivity index (χ2n) is 8.87. The van der Waals surface area contributed by atoms with E-state index in [1.807, 2.05) is 84.9 Å². The SMILES string of the molecule is O=C(O)c1ccc(C(=O)O)c(-c2c(-c3ccccc3)c(-c3ccccc3)cc3c2[nH]c2ccccc23)c1. The van der Waals surface area contributed by atoms with Crippen molar-refractivity contribution in [2.24, 2.45) is 0 Å². The van der Waals surface area contributed by atoms with E-state index in [9.17, 15) is 19.8 Å². The lowest BCUT2D eigenvalue weighted by Crippen LogP contribution is -2.05. The minimum Gasteiger partial charge on any atom is -0.478 e. The predicted molar refractivity (Wildman–Crippen MR) is 146 cm³/mol. The maximum atomic E-state index is 12.4. The molecule has 3 N–H and O–H groups in total. The lowest BCUT2D eigenvalue weighted by Gasteiger charge is -2.19. The van der Waals surface area contributed by atoms with Crippen molar-refractivity contribution in [3.05, 3.63) is 120 Å². The van der Waals surface area contributed by atoms with Crippen LogP contribution < -0.4 is 0 Å². The summed E-state index contributed by atoms with van der Waals surface area (Å²) in [4.78, 5) is 27.9. The molecule has 0 radical (unpaired) electrons. The molecule has 0 amide bonds. The minimum atomic E-state index is -1.12. The van der Waals surface area contributed by atoms with Gasteiger partial charge in [-0.25, -0.2) is 9.59 Å². The number of rotatable bonds is 5. The number of hydrogen-bond acceptors (Lipinski definition) is 2. The van der Waals surface area contributed by atoms with E-state index in [2.05, 4.69) is 11.1 Å². The highest BCUT2D eigenvalue weighted by Gasteiger charge is 2.25. The first-order valence-corrected chi connectivity index (χ1v) is 11.8. The Balaban J connectivity index is 1.88. The summed E-state index contributed by atoms with van der Waals surface area (Å²) in [6, 6.07) is 34.0. The van der Waals surface area contributed by atoms with Gasteiger partial charge in [0.05, 0.1) is 16.6 Å². The van der Waals surface area contributed by atoms with Crippen LogP contribution in [0.5, 0.6) is 0 Å². The second-order valence-corrected chi connectivity index (χ2v) is 8.87. The normalized spacial score (nSPS) is 11.1. The number of hydrogen-bond donors (Lipinski definition) is 3. The van der Waals surface area contributed by atoms with Crippen molar-refractivity contribution in [2.45, 2.75) is 0 Å². The molecule has 6 rings (SSSR count). The molecule has 1 heterocycles. The predicted octanol–water partition coefficient (Wildman–Crippen LogP) is 7.72.